The highest BCUT2D eigenvalue weighted by Crippen LogP contribution is 2.33. The van der Waals surface area contributed by atoms with Crippen LogP contribution >= 0.6 is 0 Å². The summed E-state index contributed by atoms with van der Waals surface area (Å²) < 4.78 is 0. The molecule has 0 spiro atoms. The van der Waals surface area contributed by atoms with Crippen LogP contribution in [0.4, 0.5) is 5.69 Å². The molecule has 2 aromatic carbocycles. The van der Waals surface area contributed by atoms with Crippen molar-refractivity contribution in [1.82, 2.24) is 4.98 Å². The van der Waals surface area contributed by atoms with E-state index in [2.05, 4.69) is 86.1 Å². The van der Waals surface area contributed by atoms with Crippen molar-refractivity contribution in [3.8, 4) is 0 Å². The SMILES string of the molecule is Cc1ccc(N2CC(C(C)(C)C)N=C2c2cccc3cccnc23)cc1. The lowest BCUT2D eigenvalue weighted by Crippen LogP contribution is -2.34. The molecule has 1 aromatic heterocycles. The third-order valence-electron chi connectivity index (χ3n) is 5.11. The summed E-state index contributed by atoms with van der Waals surface area (Å²) in [5.41, 5.74) is 4.69. The van der Waals surface area contributed by atoms with E-state index in [0.717, 1.165) is 28.8 Å². The fourth-order valence-electron chi connectivity index (χ4n) is 3.44. The van der Waals surface area contributed by atoms with Crippen molar-refractivity contribution in [3.05, 3.63) is 71.9 Å². The van der Waals surface area contributed by atoms with E-state index in [9.17, 15) is 0 Å². The van der Waals surface area contributed by atoms with E-state index in [0.29, 0.717) is 0 Å². The molecule has 0 bridgehead atoms. The first kappa shape index (κ1) is 16.8. The number of anilines is 1. The summed E-state index contributed by atoms with van der Waals surface area (Å²) in [6.45, 7) is 9.80. The largest absolute Gasteiger partial charge is 0.324 e. The first-order valence-corrected chi connectivity index (χ1v) is 9.19. The van der Waals surface area contributed by atoms with Gasteiger partial charge in [-0.15, -0.1) is 0 Å². The Balaban J connectivity index is 1.87. The van der Waals surface area contributed by atoms with Crippen LogP contribution in [0.25, 0.3) is 10.9 Å². The topological polar surface area (TPSA) is 28.5 Å². The molecule has 0 aliphatic carbocycles. The Morgan fingerprint density at radius 1 is 0.962 bits per heavy atom. The Kier molecular flexibility index (Phi) is 4.03. The highest BCUT2D eigenvalue weighted by Gasteiger charge is 2.35. The molecule has 4 rings (SSSR count). The van der Waals surface area contributed by atoms with Gasteiger partial charge in [0.25, 0.3) is 0 Å². The van der Waals surface area contributed by atoms with Gasteiger partial charge in [-0.25, -0.2) is 0 Å². The van der Waals surface area contributed by atoms with Gasteiger partial charge in [0.1, 0.15) is 5.84 Å². The van der Waals surface area contributed by atoms with Crippen molar-refractivity contribution in [1.29, 1.82) is 0 Å². The smallest absolute Gasteiger partial charge is 0.138 e. The van der Waals surface area contributed by atoms with E-state index in [-0.39, 0.29) is 11.5 Å². The van der Waals surface area contributed by atoms with Crippen molar-refractivity contribution in [3.63, 3.8) is 0 Å². The third-order valence-corrected chi connectivity index (χ3v) is 5.11. The lowest BCUT2D eigenvalue weighted by Gasteiger charge is -2.26. The second-order valence-electron chi connectivity index (χ2n) is 8.16. The molecule has 0 radical (unpaired) electrons. The summed E-state index contributed by atoms with van der Waals surface area (Å²) in [7, 11) is 0. The van der Waals surface area contributed by atoms with Crippen LogP contribution in [-0.2, 0) is 0 Å². The molecule has 26 heavy (non-hydrogen) atoms. The van der Waals surface area contributed by atoms with Crippen LogP contribution in [0.1, 0.15) is 31.9 Å². The molecular weight excluding hydrogens is 318 g/mol. The Labute approximate surface area is 155 Å². The number of fused-ring (bicyclic) bond motifs is 1. The number of hydrogen-bond donors (Lipinski definition) is 0. The minimum absolute atomic E-state index is 0.114. The average molecular weight is 343 g/mol. The van der Waals surface area contributed by atoms with Gasteiger partial charge >= 0.3 is 0 Å². The molecule has 0 amide bonds. The monoisotopic (exact) mass is 343 g/mol. The van der Waals surface area contributed by atoms with E-state index in [1.54, 1.807) is 0 Å². The number of benzene rings is 2. The Hall–Kier alpha value is -2.68. The van der Waals surface area contributed by atoms with Crippen molar-refractivity contribution < 1.29 is 0 Å². The van der Waals surface area contributed by atoms with Crippen LogP contribution in [0.3, 0.4) is 0 Å². The van der Waals surface area contributed by atoms with Gasteiger partial charge < -0.3 is 4.90 Å². The van der Waals surface area contributed by atoms with Gasteiger partial charge in [0.2, 0.25) is 0 Å². The van der Waals surface area contributed by atoms with Crippen LogP contribution in [0.15, 0.2) is 65.8 Å². The number of aliphatic imine (C=N–C) groups is 1. The van der Waals surface area contributed by atoms with E-state index in [4.69, 9.17) is 4.99 Å². The van der Waals surface area contributed by atoms with Crippen LogP contribution in [0.5, 0.6) is 0 Å². The van der Waals surface area contributed by atoms with Crippen LogP contribution in [0, 0.1) is 12.3 Å². The predicted octanol–water partition coefficient (Wildman–Crippen LogP) is 5.22. The third kappa shape index (κ3) is 2.98. The maximum Gasteiger partial charge on any atom is 0.138 e. The number of rotatable bonds is 2. The number of aromatic nitrogens is 1. The van der Waals surface area contributed by atoms with Crippen molar-refractivity contribution in [2.75, 3.05) is 11.4 Å². The molecule has 0 saturated heterocycles. The molecule has 1 unspecified atom stereocenters. The molecule has 3 aromatic rings. The number of amidine groups is 1. The number of pyridine rings is 1. The Morgan fingerprint density at radius 2 is 1.69 bits per heavy atom. The predicted molar refractivity (Wildman–Crippen MR) is 110 cm³/mol. The Bertz CT molecular complexity index is 959. The lowest BCUT2D eigenvalue weighted by molar-refractivity contribution is 0.337. The second-order valence-corrected chi connectivity index (χ2v) is 8.16. The highest BCUT2D eigenvalue weighted by molar-refractivity contribution is 6.17. The number of para-hydroxylation sites is 1. The molecule has 0 saturated carbocycles. The number of hydrogen-bond acceptors (Lipinski definition) is 3. The summed E-state index contributed by atoms with van der Waals surface area (Å²) >= 11 is 0. The standard InChI is InChI=1S/C23H25N3/c1-16-10-12-18(13-11-16)26-15-20(23(2,3)4)25-22(26)19-9-5-7-17-8-6-14-24-21(17)19/h5-14,20H,15H2,1-4H3. The van der Waals surface area contributed by atoms with Crippen LogP contribution < -0.4 is 4.90 Å². The van der Waals surface area contributed by atoms with Gasteiger partial charge in [0, 0.05) is 29.4 Å². The quantitative estimate of drug-likeness (QED) is 0.638. The maximum absolute atomic E-state index is 5.16. The molecule has 0 N–H and O–H groups in total. The summed E-state index contributed by atoms with van der Waals surface area (Å²) in [5, 5.41) is 1.15. The van der Waals surface area contributed by atoms with Gasteiger partial charge in [-0.1, -0.05) is 56.7 Å². The molecule has 3 heteroatoms. The second kappa shape index (κ2) is 6.24. The van der Waals surface area contributed by atoms with E-state index < -0.39 is 0 Å². The van der Waals surface area contributed by atoms with Crippen molar-refractivity contribution >= 4 is 22.4 Å². The fraction of sp³-hybridized carbons (Fsp3) is 0.304. The molecule has 0 fully saturated rings. The van der Waals surface area contributed by atoms with Gasteiger partial charge in [-0.2, -0.15) is 0 Å². The summed E-state index contributed by atoms with van der Waals surface area (Å²) in [5.74, 6) is 1.03. The number of aryl methyl sites for hydroxylation is 1. The zero-order valence-electron chi connectivity index (χ0n) is 15.9. The molecular formula is C23H25N3. The van der Waals surface area contributed by atoms with Gasteiger partial charge in [-0.05, 0) is 36.6 Å². The minimum Gasteiger partial charge on any atom is -0.324 e. The summed E-state index contributed by atoms with van der Waals surface area (Å²) in [4.78, 5) is 12.2. The summed E-state index contributed by atoms with van der Waals surface area (Å²) in [6.07, 6.45) is 1.86. The minimum atomic E-state index is 0.114. The zero-order valence-corrected chi connectivity index (χ0v) is 15.9. The zero-order chi connectivity index (χ0) is 18.3. The average Bonchev–Trinajstić information content (AvgIpc) is 3.07. The van der Waals surface area contributed by atoms with E-state index in [1.165, 1.54) is 11.3 Å². The fourth-order valence-corrected chi connectivity index (χ4v) is 3.44. The molecule has 1 aliphatic heterocycles. The van der Waals surface area contributed by atoms with Crippen molar-refractivity contribution in [2.45, 2.75) is 33.7 Å². The van der Waals surface area contributed by atoms with E-state index in [1.807, 2.05) is 12.3 Å². The summed E-state index contributed by atoms with van der Waals surface area (Å²) in [6, 6.07) is 19.4. The van der Waals surface area contributed by atoms with Gasteiger partial charge in [0.15, 0.2) is 0 Å². The van der Waals surface area contributed by atoms with Crippen molar-refractivity contribution in [2.24, 2.45) is 10.4 Å². The van der Waals surface area contributed by atoms with Crippen LogP contribution in [-0.4, -0.2) is 23.4 Å². The lowest BCUT2D eigenvalue weighted by atomic mass is 9.87. The number of nitrogens with zero attached hydrogens (tertiary/aromatic N) is 3. The maximum atomic E-state index is 5.16. The molecule has 1 atom stereocenters. The Morgan fingerprint density at radius 3 is 2.42 bits per heavy atom. The van der Waals surface area contributed by atoms with E-state index >= 15 is 0 Å². The van der Waals surface area contributed by atoms with Crippen LogP contribution in [0.2, 0.25) is 0 Å². The van der Waals surface area contributed by atoms with Gasteiger partial charge in [-0.3, -0.25) is 9.98 Å². The first-order valence-electron chi connectivity index (χ1n) is 9.19. The first-order chi connectivity index (χ1) is 12.4. The highest BCUT2D eigenvalue weighted by atomic mass is 15.3. The molecule has 3 nitrogen and oxygen atoms in total. The van der Waals surface area contributed by atoms with Gasteiger partial charge in [0.05, 0.1) is 11.6 Å². The molecule has 2 heterocycles. The molecule has 1 aliphatic rings. The normalized spacial score (nSPS) is 17.6. The molecule has 132 valence electrons.